The number of rotatable bonds is 6. The fourth-order valence-corrected chi connectivity index (χ4v) is 3.73. The molecule has 0 saturated carbocycles. The lowest BCUT2D eigenvalue weighted by Crippen LogP contribution is -2.05. The fourth-order valence-electron chi connectivity index (χ4n) is 3.73. The molecule has 0 unspecified atom stereocenters. The third kappa shape index (κ3) is 5.02. The highest BCUT2D eigenvalue weighted by Gasteiger charge is 2.13. The minimum Gasteiger partial charge on any atom is -0.326 e. The number of nitrogens with one attached hydrogen (secondary N) is 4. The summed E-state index contributed by atoms with van der Waals surface area (Å²) in [7, 11) is 0. The van der Waals surface area contributed by atoms with Crippen molar-refractivity contribution in [3.05, 3.63) is 72.8 Å². The highest BCUT2D eigenvalue weighted by molar-refractivity contribution is 5.90. The Hall–Kier alpha value is -5.12. The summed E-state index contributed by atoms with van der Waals surface area (Å²) in [6.07, 6.45) is 0. The van der Waals surface area contributed by atoms with Crippen LogP contribution in [0.2, 0.25) is 0 Å². The van der Waals surface area contributed by atoms with E-state index in [1.165, 1.54) is 13.8 Å². The molecule has 0 radical (unpaired) electrons. The number of carbonyl (C=O) groups excluding carboxylic acids is 2. The minimum atomic E-state index is -0.141. The second-order valence-electron chi connectivity index (χ2n) is 8.12. The van der Waals surface area contributed by atoms with Gasteiger partial charge in [0.15, 0.2) is 23.3 Å². The van der Waals surface area contributed by atoms with Crippen LogP contribution in [-0.4, -0.2) is 42.2 Å². The van der Waals surface area contributed by atoms with Gasteiger partial charge in [0.05, 0.1) is 0 Å². The topological polar surface area (TPSA) is 141 Å². The number of amides is 2. The van der Waals surface area contributed by atoms with Crippen LogP contribution in [0.25, 0.3) is 45.6 Å². The van der Waals surface area contributed by atoms with Crippen molar-refractivity contribution in [1.29, 1.82) is 0 Å². The normalized spacial score (nSPS) is 10.7. The first-order valence-electron chi connectivity index (χ1n) is 11.2. The maximum absolute atomic E-state index is 11.4. The maximum atomic E-state index is 11.4. The number of aromatic nitrogens is 6. The highest BCUT2D eigenvalue weighted by Crippen LogP contribution is 2.27. The Morgan fingerprint density at radius 1 is 0.611 bits per heavy atom. The predicted molar refractivity (Wildman–Crippen MR) is 137 cm³/mol. The first kappa shape index (κ1) is 22.7. The van der Waals surface area contributed by atoms with E-state index in [0.717, 1.165) is 22.3 Å². The Labute approximate surface area is 206 Å². The lowest BCUT2D eigenvalue weighted by Gasteiger charge is -2.03. The Kier molecular flexibility index (Phi) is 6.06. The first-order valence-corrected chi connectivity index (χ1v) is 11.2. The van der Waals surface area contributed by atoms with Crippen molar-refractivity contribution in [3.8, 4) is 45.6 Å². The molecule has 5 aromatic rings. The third-order valence-corrected chi connectivity index (χ3v) is 5.26. The summed E-state index contributed by atoms with van der Waals surface area (Å²) >= 11 is 0. The summed E-state index contributed by atoms with van der Waals surface area (Å²) < 4.78 is 0. The summed E-state index contributed by atoms with van der Waals surface area (Å²) in [5.74, 6) is 1.94. The predicted octanol–water partition coefficient (Wildman–Crippen LogP) is 4.51. The van der Waals surface area contributed by atoms with Crippen LogP contribution in [0.15, 0.2) is 72.8 Å². The molecule has 0 fully saturated rings. The average Bonchev–Trinajstić information content (AvgIpc) is 3.55. The van der Waals surface area contributed by atoms with Gasteiger partial charge in [0.25, 0.3) is 0 Å². The molecular weight excluding hydrogens is 456 g/mol. The second-order valence-corrected chi connectivity index (χ2v) is 8.12. The zero-order chi connectivity index (χ0) is 25.1. The van der Waals surface area contributed by atoms with Crippen molar-refractivity contribution >= 4 is 23.2 Å². The van der Waals surface area contributed by atoms with Crippen molar-refractivity contribution in [2.45, 2.75) is 13.8 Å². The molecule has 0 aliphatic carbocycles. The minimum absolute atomic E-state index is 0.141. The maximum Gasteiger partial charge on any atom is 0.221 e. The van der Waals surface area contributed by atoms with E-state index in [0.29, 0.717) is 34.7 Å². The smallest absolute Gasteiger partial charge is 0.221 e. The van der Waals surface area contributed by atoms with Gasteiger partial charge in [0.2, 0.25) is 11.8 Å². The number of aromatic amines is 2. The fraction of sp³-hybridized carbons (Fsp3) is 0.0769. The molecule has 178 valence electrons. The summed E-state index contributed by atoms with van der Waals surface area (Å²) in [6, 6.07) is 22.4. The molecular formula is C26H22N8O2. The van der Waals surface area contributed by atoms with E-state index in [1.54, 1.807) is 0 Å². The molecule has 3 aromatic carbocycles. The van der Waals surface area contributed by atoms with E-state index in [9.17, 15) is 9.59 Å². The zero-order valence-corrected chi connectivity index (χ0v) is 19.5. The van der Waals surface area contributed by atoms with Gasteiger partial charge in [-0.1, -0.05) is 42.5 Å². The van der Waals surface area contributed by atoms with Crippen molar-refractivity contribution in [2.75, 3.05) is 10.6 Å². The van der Waals surface area contributed by atoms with Crippen LogP contribution in [-0.2, 0) is 9.59 Å². The van der Waals surface area contributed by atoms with Gasteiger partial charge in [-0.25, -0.2) is 9.97 Å². The molecule has 0 saturated heterocycles. The average molecular weight is 479 g/mol. The molecule has 4 N–H and O–H groups in total. The lowest BCUT2D eigenvalue weighted by molar-refractivity contribution is -0.115. The Morgan fingerprint density at radius 2 is 1.03 bits per heavy atom. The number of hydrogen-bond acceptors (Lipinski definition) is 6. The summed E-state index contributed by atoms with van der Waals surface area (Å²) in [5, 5.41) is 20.2. The molecule has 0 bridgehead atoms. The van der Waals surface area contributed by atoms with Gasteiger partial charge in [-0.3, -0.25) is 19.8 Å². The van der Waals surface area contributed by atoms with Crippen molar-refractivity contribution < 1.29 is 9.59 Å². The van der Waals surface area contributed by atoms with Gasteiger partial charge >= 0.3 is 0 Å². The Bertz CT molecular complexity index is 1460. The molecule has 36 heavy (non-hydrogen) atoms. The van der Waals surface area contributed by atoms with Crippen LogP contribution in [0.3, 0.4) is 0 Å². The van der Waals surface area contributed by atoms with Gasteiger partial charge in [0.1, 0.15) is 0 Å². The van der Waals surface area contributed by atoms with Gasteiger partial charge in [0, 0.05) is 47.5 Å². The molecule has 10 heteroatoms. The molecule has 0 aliphatic rings. The standard InChI is InChI=1S/C26H22N8O2/c1-15(35)27-21-10-4-8-19(13-21)25-29-23(31-33-25)17-6-3-7-18(12-17)24-30-26(34-32-24)20-9-5-11-22(14-20)28-16(2)36/h3-14H,1-2H3,(H,27,35)(H,28,36)(H,29,31,33)(H,30,32,34). The third-order valence-electron chi connectivity index (χ3n) is 5.26. The van der Waals surface area contributed by atoms with Crippen LogP contribution >= 0.6 is 0 Å². The largest absolute Gasteiger partial charge is 0.326 e. The van der Waals surface area contributed by atoms with Crippen LogP contribution in [0, 0.1) is 0 Å². The van der Waals surface area contributed by atoms with E-state index in [2.05, 4.69) is 41.0 Å². The van der Waals surface area contributed by atoms with E-state index in [4.69, 9.17) is 0 Å². The highest BCUT2D eigenvalue weighted by atomic mass is 16.2. The number of nitrogens with zero attached hydrogens (tertiary/aromatic N) is 4. The van der Waals surface area contributed by atoms with Crippen LogP contribution in [0.5, 0.6) is 0 Å². The van der Waals surface area contributed by atoms with Crippen molar-refractivity contribution in [3.63, 3.8) is 0 Å². The van der Waals surface area contributed by atoms with Crippen LogP contribution < -0.4 is 10.6 Å². The summed E-state index contributed by atoms with van der Waals surface area (Å²) in [6.45, 7) is 2.93. The molecule has 2 heterocycles. The monoisotopic (exact) mass is 478 g/mol. The molecule has 2 aromatic heterocycles. The first-order chi connectivity index (χ1) is 17.4. The van der Waals surface area contributed by atoms with Gasteiger partial charge in [-0.15, -0.1) is 0 Å². The van der Waals surface area contributed by atoms with Crippen LogP contribution in [0.4, 0.5) is 11.4 Å². The van der Waals surface area contributed by atoms with Gasteiger partial charge < -0.3 is 10.6 Å². The summed E-state index contributed by atoms with van der Waals surface area (Å²) in [5.41, 5.74) is 4.57. The van der Waals surface area contributed by atoms with E-state index < -0.39 is 0 Å². The van der Waals surface area contributed by atoms with Crippen molar-refractivity contribution in [1.82, 2.24) is 30.4 Å². The van der Waals surface area contributed by atoms with Gasteiger partial charge in [-0.05, 0) is 30.3 Å². The molecule has 5 rings (SSSR count). The van der Waals surface area contributed by atoms with E-state index in [-0.39, 0.29) is 11.8 Å². The number of anilines is 2. The number of hydrogen-bond donors (Lipinski definition) is 4. The number of carbonyl (C=O) groups is 2. The Morgan fingerprint density at radius 3 is 1.47 bits per heavy atom. The molecule has 0 atom stereocenters. The Balaban J connectivity index is 1.39. The van der Waals surface area contributed by atoms with Gasteiger partial charge in [-0.2, -0.15) is 10.2 Å². The van der Waals surface area contributed by atoms with Crippen molar-refractivity contribution in [2.24, 2.45) is 0 Å². The van der Waals surface area contributed by atoms with Crippen LogP contribution in [0.1, 0.15) is 13.8 Å². The molecule has 2 amide bonds. The molecule has 10 nitrogen and oxygen atoms in total. The summed E-state index contributed by atoms with van der Waals surface area (Å²) in [4.78, 5) is 32.0. The SMILES string of the molecule is CC(=O)Nc1cccc(-c2nc(-c3cccc(-c4n[nH]c(-c5cccc(NC(C)=O)c5)n4)c3)n[nH]2)c1. The van der Waals surface area contributed by atoms with E-state index >= 15 is 0 Å². The zero-order valence-electron chi connectivity index (χ0n) is 19.5. The number of H-pyrrole nitrogens is 2. The van der Waals surface area contributed by atoms with E-state index in [1.807, 2.05) is 72.8 Å². The number of benzene rings is 3. The second kappa shape index (κ2) is 9.63. The molecule has 0 aliphatic heterocycles. The quantitative estimate of drug-likeness (QED) is 0.283. The molecule has 0 spiro atoms. The lowest BCUT2D eigenvalue weighted by atomic mass is 10.1.